The summed E-state index contributed by atoms with van der Waals surface area (Å²) in [6.07, 6.45) is 3.49. The summed E-state index contributed by atoms with van der Waals surface area (Å²) in [4.78, 5) is 9.03. The molecule has 1 aliphatic rings. The number of hydrogen-bond donors (Lipinski definition) is 1. The highest BCUT2D eigenvalue weighted by molar-refractivity contribution is 9.10. The fraction of sp³-hybridized carbons (Fsp3) is 0.714. The lowest BCUT2D eigenvalue weighted by Gasteiger charge is -2.40. The summed E-state index contributed by atoms with van der Waals surface area (Å²) in [6, 6.07) is 1.91. The Hall–Kier alpha value is -0.680. The summed E-state index contributed by atoms with van der Waals surface area (Å²) in [7, 11) is 1.79. The van der Waals surface area contributed by atoms with E-state index < -0.39 is 0 Å². The minimum Gasteiger partial charge on any atom is -0.376 e. The number of aromatic nitrogens is 2. The van der Waals surface area contributed by atoms with Gasteiger partial charge in [0.2, 0.25) is 0 Å². The van der Waals surface area contributed by atoms with E-state index in [-0.39, 0.29) is 11.0 Å². The van der Waals surface area contributed by atoms with E-state index in [2.05, 4.69) is 52.0 Å². The largest absolute Gasteiger partial charge is 0.376 e. The van der Waals surface area contributed by atoms with E-state index in [0.29, 0.717) is 0 Å². The fourth-order valence-electron chi connectivity index (χ4n) is 2.12. The molecule has 1 fully saturated rings. The molecule has 0 aromatic carbocycles. The predicted molar refractivity (Wildman–Crippen MR) is 80.5 cm³/mol. The highest BCUT2D eigenvalue weighted by Crippen LogP contribution is 2.35. The van der Waals surface area contributed by atoms with Crippen molar-refractivity contribution in [1.29, 1.82) is 0 Å². The lowest BCUT2D eigenvalue weighted by atomic mass is 9.80. The van der Waals surface area contributed by atoms with Crippen LogP contribution in [0.4, 0.5) is 5.82 Å². The predicted octanol–water partition coefficient (Wildman–Crippen LogP) is 3.52. The van der Waals surface area contributed by atoms with Crippen molar-refractivity contribution in [3.63, 3.8) is 0 Å². The van der Waals surface area contributed by atoms with Gasteiger partial charge in [-0.25, -0.2) is 9.97 Å². The number of anilines is 1. The Morgan fingerprint density at radius 3 is 2.53 bits per heavy atom. The molecule has 1 saturated carbocycles. The Balaban J connectivity index is 2.10. The molecule has 0 saturated heterocycles. The Morgan fingerprint density at radius 2 is 2.05 bits per heavy atom. The van der Waals surface area contributed by atoms with Gasteiger partial charge in [0, 0.05) is 25.1 Å². The van der Waals surface area contributed by atoms with Gasteiger partial charge in [-0.05, 0) is 35.2 Å². The summed E-state index contributed by atoms with van der Waals surface area (Å²) in [5.41, 5.74) is -0.0606. The maximum Gasteiger partial charge on any atom is 0.137 e. The molecule has 19 heavy (non-hydrogen) atoms. The van der Waals surface area contributed by atoms with Crippen molar-refractivity contribution in [1.82, 2.24) is 9.97 Å². The quantitative estimate of drug-likeness (QED) is 0.859. The number of halogens is 1. The maximum atomic E-state index is 5.61. The van der Waals surface area contributed by atoms with Crippen LogP contribution < -0.4 is 5.32 Å². The van der Waals surface area contributed by atoms with Gasteiger partial charge >= 0.3 is 0 Å². The normalized spacial score (nSPS) is 17.9. The number of ether oxygens (including phenoxy) is 1. The molecular formula is C14H22BrN3O. The van der Waals surface area contributed by atoms with Gasteiger partial charge in [-0.2, -0.15) is 0 Å². The van der Waals surface area contributed by atoms with Crippen LogP contribution >= 0.6 is 15.9 Å². The van der Waals surface area contributed by atoms with Gasteiger partial charge in [-0.1, -0.05) is 20.8 Å². The van der Waals surface area contributed by atoms with E-state index in [0.717, 1.165) is 35.6 Å². The highest BCUT2D eigenvalue weighted by atomic mass is 79.9. The maximum absolute atomic E-state index is 5.61. The van der Waals surface area contributed by atoms with Gasteiger partial charge in [-0.3, -0.25) is 0 Å². The SMILES string of the molecule is COC1(CNc2cc(Br)nc(C(C)(C)C)n2)CCC1. The first-order chi connectivity index (χ1) is 8.85. The molecule has 4 nitrogen and oxygen atoms in total. The second-order valence-corrected chi connectivity index (χ2v) is 7.06. The molecule has 1 heterocycles. The van der Waals surface area contributed by atoms with Crippen molar-refractivity contribution < 1.29 is 4.74 Å². The zero-order chi connectivity index (χ0) is 14.1. The molecule has 0 radical (unpaired) electrons. The summed E-state index contributed by atoms with van der Waals surface area (Å²) >= 11 is 3.45. The summed E-state index contributed by atoms with van der Waals surface area (Å²) in [6.45, 7) is 7.14. The molecule has 0 spiro atoms. The van der Waals surface area contributed by atoms with Crippen molar-refractivity contribution in [3.8, 4) is 0 Å². The number of nitrogens with one attached hydrogen (secondary N) is 1. The standard InChI is InChI=1S/C14H22BrN3O/c1-13(2,3)12-17-10(15)8-11(18-12)16-9-14(19-4)6-5-7-14/h8H,5-7,9H2,1-4H3,(H,16,17,18). The van der Waals surface area contributed by atoms with E-state index in [1.54, 1.807) is 7.11 Å². The molecule has 1 aromatic heterocycles. The Kier molecular flexibility index (Phi) is 4.16. The average molecular weight is 328 g/mol. The van der Waals surface area contributed by atoms with Gasteiger partial charge in [0.05, 0.1) is 5.60 Å². The number of nitrogens with zero attached hydrogens (tertiary/aromatic N) is 2. The zero-order valence-electron chi connectivity index (χ0n) is 12.1. The topological polar surface area (TPSA) is 47.0 Å². The molecule has 0 atom stereocenters. The zero-order valence-corrected chi connectivity index (χ0v) is 13.7. The summed E-state index contributed by atoms with van der Waals surface area (Å²) in [5, 5.41) is 3.39. The molecule has 1 N–H and O–H groups in total. The Bertz CT molecular complexity index is 447. The molecule has 0 unspecified atom stereocenters. The first-order valence-corrected chi connectivity index (χ1v) is 7.48. The lowest BCUT2D eigenvalue weighted by Crippen LogP contribution is -2.45. The molecule has 0 aliphatic heterocycles. The molecule has 0 amide bonds. The van der Waals surface area contributed by atoms with E-state index in [9.17, 15) is 0 Å². The van der Waals surface area contributed by atoms with Crippen LogP contribution in [0.15, 0.2) is 10.7 Å². The van der Waals surface area contributed by atoms with E-state index in [4.69, 9.17) is 4.74 Å². The summed E-state index contributed by atoms with van der Waals surface area (Å²) in [5.74, 6) is 1.69. The van der Waals surface area contributed by atoms with Crippen LogP contribution in [0.1, 0.15) is 45.9 Å². The first-order valence-electron chi connectivity index (χ1n) is 6.69. The fourth-order valence-corrected chi connectivity index (χ4v) is 2.50. The van der Waals surface area contributed by atoms with Crippen LogP contribution in [0, 0.1) is 0 Å². The molecule has 1 aromatic rings. The van der Waals surface area contributed by atoms with Gasteiger partial charge in [0.15, 0.2) is 0 Å². The number of rotatable bonds is 4. The molecule has 5 heteroatoms. The Morgan fingerprint density at radius 1 is 1.37 bits per heavy atom. The first kappa shape index (κ1) is 14.7. The van der Waals surface area contributed by atoms with Crippen LogP contribution in [0.5, 0.6) is 0 Å². The van der Waals surface area contributed by atoms with Gasteiger partial charge in [0.25, 0.3) is 0 Å². The van der Waals surface area contributed by atoms with Gasteiger partial charge in [0.1, 0.15) is 16.2 Å². The molecule has 106 valence electrons. The van der Waals surface area contributed by atoms with Crippen LogP contribution in [0.25, 0.3) is 0 Å². The molecule has 1 aliphatic carbocycles. The lowest BCUT2D eigenvalue weighted by molar-refractivity contribution is -0.0601. The van der Waals surface area contributed by atoms with Crippen LogP contribution in [-0.2, 0) is 10.2 Å². The van der Waals surface area contributed by atoms with Gasteiger partial charge < -0.3 is 10.1 Å². The van der Waals surface area contributed by atoms with Crippen molar-refractivity contribution in [3.05, 3.63) is 16.5 Å². The van der Waals surface area contributed by atoms with Crippen molar-refractivity contribution >= 4 is 21.7 Å². The van der Waals surface area contributed by atoms with Crippen molar-refractivity contribution in [2.24, 2.45) is 0 Å². The van der Waals surface area contributed by atoms with E-state index in [1.807, 2.05) is 6.07 Å². The summed E-state index contributed by atoms with van der Waals surface area (Å²) < 4.78 is 6.42. The van der Waals surface area contributed by atoms with Crippen molar-refractivity contribution in [2.45, 2.75) is 51.0 Å². The molecule has 0 bridgehead atoms. The van der Waals surface area contributed by atoms with Crippen LogP contribution in [0.2, 0.25) is 0 Å². The van der Waals surface area contributed by atoms with Gasteiger partial charge in [-0.15, -0.1) is 0 Å². The minimum absolute atomic E-state index is 0.000673. The number of hydrogen-bond acceptors (Lipinski definition) is 4. The Labute approximate surface area is 123 Å². The highest BCUT2D eigenvalue weighted by Gasteiger charge is 2.36. The van der Waals surface area contributed by atoms with Crippen molar-refractivity contribution in [2.75, 3.05) is 19.0 Å². The monoisotopic (exact) mass is 327 g/mol. The third kappa shape index (κ3) is 3.45. The second-order valence-electron chi connectivity index (χ2n) is 6.24. The van der Waals surface area contributed by atoms with Crippen LogP contribution in [-0.4, -0.2) is 29.2 Å². The third-order valence-corrected chi connectivity index (χ3v) is 4.06. The van der Waals surface area contributed by atoms with E-state index in [1.165, 1.54) is 6.42 Å². The minimum atomic E-state index is -0.0599. The average Bonchev–Trinajstić information content (AvgIpc) is 2.26. The smallest absolute Gasteiger partial charge is 0.137 e. The second kappa shape index (κ2) is 5.37. The molecule has 2 rings (SSSR count). The van der Waals surface area contributed by atoms with Crippen LogP contribution in [0.3, 0.4) is 0 Å². The van der Waals surface area contributed by atoms with E-state index >= 15 is 0 Å². The third-order valence-electron chi connectivity index (χ3n) is 3.66. The molecular weight excluding hydrogens is 306 g/mol. The number of methoxy groups -OCH3 is 1.